The van der Waals surface area contributed by atoms with Gasteiger partial charge in [0.15, 0.2) is 11.1 Å². The average molecular weight is 264 g/mol. The van der Waals surface area contributed by atoms with E-state index in [4.69, 9.17) is 14.3 Å². The fourth-order valence-electron chi connectivity index (χ4n) is 1.68. The minimum Gasteiger partial charge on any atom is -0.308 e. The van der Waals surface area contributed by atoms with Gasteiger partial charge in [-0.3, -0.25) is 9.66 Å². The zero-order valence-electron chi connectivity index (χ0n) is 9.88. The molecule has 1 N–H and O–H groups in total. The van der Waals surface area contributed by atoms with Crippen LogP contribution in [-0.2, 0) is 13.6 Å². The topological polar surface area (TPSA) is 88.0 Å². The van der Waals surface area contributed by atoms with Crippen LogP contribution >= 0.6 is 7.60 Å². The van der Waals surface area contributed by atoms with E-state index in [1.165, 1.54) is 14.2 Å². The molecule has 0 unspecified atom stereocenters. The molecule has 0 saturated carbocycles. The molecule has 0 spiro atoms. The van der Waals surface area contributed by atoms with Crippen molar-refractivity contribution in [2.45, 2.75) is 0 Å². The molecular weight excluding hydrogens is 253 g/mol. The predicted molar refractivity (Wildman–Crippen MR) is 66.0 cm³/mol. The van der Waals surface area contributed by atoms with E-state index in [1.807, 2.05) is 18.6 Å². The highest BCUT2D eigenvalue weighted by molar-refractivity contribution is 7.62. The van der Waals surface area contributed by atoms with Gasteiger partial charge in [0.1, 0.15) is 6.07 Å². The molecule has 0 bridgehead atoms. The number of rotatable bonds is 4. The summed E-state index contributed by atoms with van der Waals surface area (Å²) in [7, 11) is -0.906. The third-order valence-electron chi connectivity index (χ3n) is 2.56. The second-order valence-corrected chi connectivity index (χ2v) is 5.62. The van der Waals surface area contributed by atoms with Crippen LogP contribution in [0.3, 0.4) is 0 Å². The molecule has 93 valence electrons. The molecule has 1 heterocycles. The van der Waals surface area contributed by atoms with Crippen LogP contribution in [0.4, 0.5) is 0 Å². The van der Waals surface area contributed by atoms with Crippen LogP contribution in [0.2, 0.25) is 0 Å². The number of hydrogen-bond donors (Lipinski definition) is 1. The summed E-state index contributed by atoms with van der Waals surface area (Å²) < 4.78 is 22.2. The highest BCUT2D eigenvalue weighted by atomic mass is 31.2. The molecule has 1 aromatic heterocycles. The lowest BCUT2D eigenvalue weighted by atomic mass is 10.1. The highest BCUT2D eigenvalue weighted by Gasteiger charge is 2.33. The molecule has 6 nitrogen and oxygen atoms in total. The van der Waals surface area contributed by atoms with Crippen molar-refractivity contribution in [3.05, 3.63) is 35.9 Å². The molecular formula is C11H11N3O3P. The Morgan fingerprint density at radius 1 is 1.44 bits per heavy atom. The monoisotopic (exact) mass is 264 g/mol. The van der Waals surface area contributed by atoms with Crippen LogP contribution in [0, 0.1) is 17.8 Å². The van der Waals surface area contributed by atoms with Gasteiger partial charge in [0.05, 0.1) is 5.56 Å². The van der Waals surface area contributed by atoms with Crippen LogP contribution in [0.5, 0.6) is 0 Å². The van der Waals surface area contributed by atoms with Crippen molar-refractivity contribution < 1.29 is 13.6 Å². The number of aromatic nitrogens is 2. The number of nitrogens with zero attached hydrogens (tertiary/aromatic N) is 2. The summed E-state index contributed by atoms with van der Waals surface area (Å²) in [5, 5.41) is 15.4. The van der Waals surface area contributed by atoms with E-state index in [1.54, 1.807) is 12.2 Å². The van der Waals surface area contributed by atoms with E-state index in [-0.39, 0.29) is 11.1 Å². The van der Waals surface area contributed by atoms with Crippen LogP contribution in [0.25, 0.3) is 5.57 Å². The Morgan fingerprint density at radius 2 is 2.17 bits per heavy atom. The highest BCUT2D eigenvalue weighted by Crippen LogP contribution is 2.46. The first-order chi connectivity index (χ1) is 8.66. The fourth-order valence-corrected chi connectivity index (χ4v) is 2.88. The quantitative estimate of drug-likeness (QED) is 0.833. The van der Waals surface area contributed by atoms with Gasteiger partial charge in [-0.25, -0.2) is 0 Å². The maximum absolute atomic E-state index is 12.4. The Hall–Kier alpha value is -1.67. The van der Waals surface area contributed by atoms with E-state index in [9.17, 15) is 4.57 Å². The number of nitrogens with one attached hydrogen (secondary N) is 1. The molecule has 2 rings (SSSR count). The van der Waals surface area contributed by atoms with Gasteiger partial charge in [0.25, 0.3) is 0 Å². The first-order valence-electron chi connectivity index (χ1n) is 5.09. The standard InChI is InChI=1S/C11H11N3O3P/c1-16-18(15,17-2)11-10(8-5-3-4-6-8)9(7-12)13-14-11/h3-6H,1-2H3,(H,13,14). The van der Waals surface area contributed by atoms with Gasteiger partial charge in [-0.2, -0.15) is 10.4 Å². The molecule has 7 heteroatoms. The summed E-state index contributed by atoms with van der Waals surface area (Å²) in [6.07, 6.45) is 7.23. The van der Waals surface area contributed by atoms with Crippen LogP contribution in [-0.4, -0.2) is 24.4 Å². The predicted octanol–water partition coefficient (Wildman–Crippen LogP) is 1.55. The summed E-state index contributed by atoms with van der Waals surface area (Å²) in [5.74, 6) is 0. The Morgan fingerprint density at radius 3 is 2.67 bits per heavy atom. The van der Waals surface area contributed by atoms with E-state index in [0.717, 1.165) is 5.57 Å². The lowest BCUT2D eigenvalue weighted by Gasteiger charge is -2.13. The lowest BCUT2D eigenvalue weighted by Crippen LogP contribution is -2.13. The van der Waals surface area contributed by atoms with Gasteiger partial charge < -0.3 is 9.05 Å². The largest absolute Gasteiger partial charge is 0.379 e. The van der Waals surface area contributed by atoms with Crippen LogP contribution in [0.1, 0.15) is 11.3 Å². The molecule has 0 aromatic carbocycles. The van der Waals surface area contributed by atoms with Crippen molar-refractivity contribution in [1.29, 1.82) is 5.26 Å². The van der Waals surface area contributed by atoms with Crippen molar-refractivity contribution in [2.24, 2.45) is 0 Å². The summed E-state index contributed by atoms with van der Waals surface area (Å²) in [6.45, 7) is 0. The second-order valence-electron chi connectivity index (χ2n) is 3.44. The Balaban J connectivity index is 2.63. The van der Waals surface area contributed by atoms with Crippen molar-refractivity contribution in [3.8, 4) is 6.07 Å². The lowest BCUT2D eigenvalue weighted by molar-refractivity contribution is 0.286. The molecule has 0 fully saturated rings. The molecule has 0 aliphatic heterocycles. The maximum Gasteiger partial charge on any atom is 0.379 e. The Kier molecular flexibility index (Phi) is 3.48. The van der Waals surface area contributed by atoms with Gasteiger partial charge in [-0.15, -0.1) is 0 Å². The summed E-state index contributed by atoms with van der Waals surface area (Å²) in [4.78, 5) is 0. The van der Waals surface area contributed by atoms with Crippen molar-refractivity contribution in [3.63, 3.8) is 0 Å². The zero-order chi connectivity index (χ0) is 13.2. The molecule has 0 amide bonds. The van der Waals surface area contributed by atoms with Gasteiger partial charge in [-0.05, 0) is 5.57 Å². The van der Waals surface area contributed by atoms with Gasteiger partial charge >= 0.3 is 7.60 Å². The number of allylic oxidation sites excluding steroid dienone is 4. The third-order valence-corrected chi connectivity index (χ3v) is 4.39. The van der Waals surface area contributed by atoms with E-state index >= 15 is 0 Å². The minimum atomic E-state index is -3.47. The number of H-pyrrole nitrogens is 1. The molecule has 18 heavy (non-hydrogen) atoms. The van der Waals surface area contributed by atoms with Crippen molar-refractivity contribution >= 4 is 18.6 Å². The van der Waals surface area contributed by atoms with Gasteiger partial charge in [0, 0.05) is 20.6 Å². The summed E-state index contributed by atoms with van der Waals surface area (Å²) in [5.41, 5.74) is 1.54. The molecule has 1 aliphatic rings. The smallest absolute Gasteiger partial charge is 0.308 e. The number of nitriles is 1. The summed E-state index contributed by atoms with van der Waals surface area (Å²) >= 11 is 0. The Bertz CT molecular complexity index is 602. The zero-order valence-corrected chi connectivity index (χ0v) is 10.8. The van der Waals surface area contributed by atoms with E-state index in [0.29, 0.717) is 5.56 Å². The SMILES string of the molecule is COP(=O)(OC)c1[nH]nc(C#N)c1C1=C[CH]C=C1. The third kappa shape index (κ3) is 1.93. The van der Waals surface area contributed by atoms with Crippen LogP contribution < -0.4 is 5.44 Å². The first-order valence-corrected chi connectivity index (χ1v) is 6.63. The van der Waals surface area contributed by atoms with E-state index in [2.05, 4.69) is 10.2 Å². The van der Waals surface area contributed by atoms with Crippen LogP contribution in [0.15, 0.2) is 18.2 Å². The fraction of sp³-hybridized carbons (Fsp3) is 0.182. The second kappa shape index (κ2) is 4.91. The summed E-state index contributed by atoms with van der Waals surface area (Å²) in [6, 6.07) is 1.95. The van der Waals surface area contributed by atoms with Gasteiger partial charge in [-0.1, -0.05) is 18.2 Å². The molecule has 1 radical (unpaired) electrons. The normalized spacial score (nSPS) is 14.6. The Labute approximate surface area is 104 Å². The van der Waals surface area contributed by atoms with Crippen molar-refractivity contribution in [2.75, 3.05) is 14.2 Å². The molecule has 1 aromatic rings. The number of aromatic amines is 1. The molecule has 0 atom stereocenters. The molecule has 0 saturated heterocycles. The van der Waals surface area contributed by atoms with E-state index < -0.39 is 7.60 Å². The average Bonchev–Trinajstić information content (AvgIpc) is 3.05. The van der Waals surface area contributed by atoms with Crippen molar-refractivity contribution in [1.82, 2.24) is 10.2 Å². The molecule has 1 aliphatic carbocycles. The number of hydrogen-bond acceptors (Lipinski definition) is 5. The first kappa shape index (κ1) is 12.8. The minimum absolute atomic E-state index is 0.158. The van der Waals surface area contributed by atoms with Gasteiger partial charge in [0.2, 0.25) is 0 Å². The maximum atomic E-state index is 12.4.